The molecule has 0 bridgehead atoms. The summed E-state index contributed by atoms with van der Waals surface area (Å²) in [6, 6.07) is -1.03. The zero-order valence-corrected chi connectivity index (χ0v) is 12.7. The fourth-order valence-corrected chi connectivity index (χ4v) is 2.93. The topological polar surface area (TPSA) is 107 Å². The van der Waals surface area contributed by atoms with Crippen molar-refractivity contribution in [2.45, 2.75) is 70.6 Å². The Labute approximate surface area is 124 Å². The summed E-state index contributed by atoms with van der Waals surface area (Å²) in [7, 11) is 0. The van der Waals surface area contributed by atoms with E-state index in [1.54, 1.807) is 6.92 Å². The molecule has 4 atom stereocenters. The number of nitrogens with zero attached hydrogens (tertiary/aromatic N) is 1. The van der Waals surface area contributed by atoms with Gasteiger partial charge in [0.25, 0.3) is 0 Å². The molecule has 1 saturated heterocycles. The van der Waals surface area contributed by atoms with Crippen LogP contribution >= 0.6 is 0 Å². The van der Waals surface area contributed by atoms with Crippen molar-refractivity contribution < 1.29 is 24.6 Å². The Balaban J connectivity index is 2.63. The number of carboxylic acid groups (broad SMARTS) is 2. The molecule has 0 saturated carbocycles. The molecule has 1 rings (SSSR count). The lowest BCUT2D eigenvalue weighted by Crippen LogP contribution is -2.52. The predicted octanol–water partition coefficient (Wildman–Crippen LogP) is 0.682. The number of rotatable bonds is 7. The van der Waals surface area contributed by atoms with Crippen molar-refractivity contribution in [2.24, 2.45) is 0 Å². The number of hydrogen-bond donors (Lipinski definition) is 3. The van der Waals surface area contributed by atoms with Crippen LogP contribution in [0.2, 0.25) is 0 Å². The second kappa shape index (κ2) is 7.40. The van der Waals surface area contributed by atoms with Crippen molar-refractivity contribution in [2.75, 3.05) is 0 Å². The molecule has 120 valence electrons. The van der Waals surface area contributed by atoms with Gasteiger partial charge in [-0.15, -0.1) is 0 Å². The van der Waals surface area contributed by atoms with Crippen LogP contribution < -0.4 is 5.32 Å². The second-order valence-corrected chi connectivity index (χ2v) is 5.73. The maximum atomic E-state index is 12.2. The van der Waals surface area contributed by atoms with Gasteiger partial charge in [-0.1, -0.05) is 0 Å². The van der Waals surface area contributed by atoms with Crippen LogP contribution in [0, 0.1) is 0 Å². The summed E-state index contributed by atoms with van der Waals surface area (Å²) in [5.74, 6) is -2.65. The lowest BCUT2D eigenvalue weighted by molar-refractivity contribution is -0.144. The number of likely N-dealkylation sites (tertiary alicyclic amines) is 1. The molecule has 1 aliphatic heterocycles. The smallest absolute Gasteiger partial charge is 0.326 e. The van der Waals surface area contributed by atoms with Gasteiger partial charge in [0.2, 0.25) is 5.91 Å². The number of carbonyl (C=O) groups excluding carboxylic acids is 1. The van der Waals surface area contributed by atoms with Crippen molar-refractivity contribution in [3.8, 4) is 0 Å². The summed E-state index contributed by atoms with van der Waals surface area (Å²) in [5.41, 5.74) is 0. The van der Waals surface area contributed by atoms with Gasteiger partial charge in [-0.3, -0.25) is 14.5 Å². The number of carbonyl (C=O) groups is 3. The molecule has 0 aromatic heterocycles. The monoisotopic (exact) mass is 300 g/mol. The molecule has 0 aromatic carbocycles. The van der Waals surface area contributed by atoms with E-state index in [1.807, 2.05) is 13.8 Å². The van der Waals surface area contributed by atoms with Crippen molar-refractivity contribution in [3.05, 3.63) is 0 Å². The Hall–Kier alpha value is -1.63. The highest BCUT2D eigenvalue weighted by Crippen LogP contribution is 2.25. The molecule has 21 heavy (non-hydrogen) atoms. The van der Waals surface area contributed by atoms with Crippen LogP contribution in [0.3, 0.4) is 0 Å². The van der Waals surface area contributed by atoms with Crippen molar-refractivity contribution in [3.63, 3.8) is 0 Å². The molecule has 1 fully saturated rings. The van der Waals surface area contributed by atoms with Crippen molar-refractivity contribution in [1.82, 2.24) is 10.2 Å². The lowest BCUT2D eigenvalue weighted by Gasteiger charge is -2.32. The Morgan fingerprint density at radius 3 is 2.14 bits per heavy atom. The number of nitrogens with one attached hydrogen (secondary N) is 1. The first-order valence-corrected chi connectivity index (χ1v) is 7.26. The Bertz CT molecular complexity index is 402. The van der Waals surface area contributed by atoms with Crippen LogP contribution in [0.1, 0.15) is 46.5 Å². The summed E-state index contributed by atoms with van der Waals surface area (Å²) >= 11 is 0. The van der Waals surface area contributed by atoms with Gasteiger partial charge in [-0.2, -0.15) is 0 Å². The van der Waals surface area contributed by atoms with Gasteiger partial charge in [0, 0.05) is 18.5 Å². The third kappa shape index (κ3) is 4.70. The van der Waals surface area contributed by atoms with Gasteiger partial charge in [0.05, 0.1) is 6.04 Å². The molecule has 7 nitrogen and oxygen atoms in total. The summed E-state index contributed by atoms with van der Waals surface area (Å²) < 4.78 is 0. The summed E-state index contributed by atoms with van der Waals surface area (Å²) in [6.45, 7) is 5.85. The van der Waals surface area contributed by atoms with Gasteiger partial charge in [-0.05, 0) is 40.0 Å². The second-order valence-electron chi connectivity index (χ2n) is 5.73. The van der Waals surface area contributed by atoms with Gasteiger partial charge in [-0.25, -0.2) is 4.79 Å². The van der Waals surface area contributed by atoms with Gasteiger partial charge in [0.15, 0.2) is 0 Å². The third-order valence-electron chi connectivity index (χ3n) is 4.11. The third-order valence-corrected chi connectivity index (χ3v) is 4.11. The first kappa shape index (κ1) is 17.4. The quantitative estimate of drug-likeness (QED) is 0.638. The minimum atomic E-state index is -1.21. The Morgan fingerprint density at radius 2 is 1.71 bits per heavy atom. The lowest BCUT2D eigenvalue weighted by atomic mass is 10.1. The van der Waals surface area contributed by atoms with Crippen molar-refractivity contribution >= 4 is 17.8 Å². The van der Waals surface area contributed by atoms with Gasteiger partial charge < -0.3 is 15.5 Å². The van der Waals surface area contributed by atoms with E-state index in [-0.39, 0.29) is 30.8 Å². The van der Waals surface area contributed by atoms with E-state index in [1.165, 1.54) is 0 Å². The van der Waals surface area contributed by atoms with Crippen LogP contribution in [-0.4, -0.2) is 57.1 Å². The van der Waals surface area contributed by atoms with E-state index in [0.717, 1.165) is 12.8 Å². The molecule has 0 aliphatic carbocycles. The molecular weight excluding hydrogens is 276 g/mol. The van der Waals surface area contributed by atoms with Gasteiger partial charge >= 0.3 is 11.9 Å². The number of carboxylic acids is 2. The van der Waals surface area contributed by atoms with E-state index in [4.69, 9.17) is 10.2 Å². The fourth-order valence-electron chi connectivity index (χ4n) is 2.93. The standard InChI is InChI=1S/C14H24N2O5/c1-8-4-5-9(2)16(8)10(3)13(19)15-11(14(20)21)6-7-12(17)18/h8-11H,4-7H2,1-3H3,(H,15,19)(H,17,18)(H,20,21). The van der Waals surface area contributed by atoms with Crippen LogP contribution in [-0.2, 0) is 14.4 Å². The first-order valence-electron chi connectivity index (χ1n) is 7.26. The zero-order chi connectivity index (χ0) is 16.2. The first-order chi connectivity index (χ1) is 9.73. The number of aliphatic carboxylic acids is 2. The molecule has 1 heterocycles. The van der Waals surface area contributed by atoms with E-state index in [0.29, 0.717) is 0 Å². The van der Waals surface area contributed by atoms with Crippen molar-refractivity contribution in [1.29, 1.82) is 0 Å². The van der Waals surface area contributed by atoms with Crippen LogP contribution in [0.25, 0.3) is 0 Å². The molecule has 4 unspecified atom stereocenters. The van der Waals surface area contributed by atoms with Crippen LogP contribution in [0.5, 0.6) is 0 Å². The molecule has 0 aromatic rings. The SMILES string of the molecule is CC1CCC(C)N1C(C)C(=O)NC(CCC(=O)O)C(=O)O. The minimum Gasteiger partial charge on any atom is -0.481 e. The molecule has 1 aliphatic rings. The average molecular weight is 300 g/mol. The van der Waals surface area contributed by atoms with E-state index >= 15 is 0 Å². The molecule has 0 spiro atoms. The average Bonchev–Trinajstić information content (AvgIpc) is 2.72. The maximum Gasteiger partial charge on any atom is 0.326 e. The maximum absolute atomic E-state index is 12.2. The fraction of sp³-hybridized carbons (Fsp3) is 0.786. The molecule has 7 heteroatoms. The molecular formula is C14H24N2O5. The number of hydrogen-bond acceptors (Lipinski definition) is 4. The summed E-state index contributed by atoms with van der Waals surface area (Å²) in [6.07, 6.45) is 1.62. The predicted molar refractivity (Wildman–Crippen MR) is 75.9 cm³/mol. The highest BCUT2D eigenvalue weighted by Gasteiger charge is 2.35. The van der Waals surface area contributed by atoms with E-state index < -0.39 is 24.0 Å². The Morgan fingerprint density at radius 1 is 1.19 bits per heavy atom. The highest BCUT2D eigenvalue weighted by molar-refractivity contribution is 5.87. The molecule has 3 N–H and O–H groups in total. The summed E-state index contributed by atoms with van der Waals surface area (Å²) in [4.78, 5) is 35.9. The molecule has 1 amide bonds. The highest BCUT2D eigenvalue weighted by atomic mass is 16.4. The van der Waals surface area contributed by atoms with E-state index in [9.17, 15) is 14.4 Å². The minimum absolute atomic E-state index is 0.117. The largest absolute Gasteiger partial charge is 0.481 e. The zero-order valence-electron chi connectivity index (χ0n) is 12.7. The summed E-state index contributed by atoms with van der Waals surface area (Å²) in [5, 5.41) is 20.1. The normalized spacial score (nSPS) is 25.3. The number of amides is 1. The van der Waals surface area contributed by atoms with E-state index in [2.05, 4.69) is 10.2 Å². The molecule has 0 radical (unpaired) electrons. The Kier molecular flexibility index (Phi) is 6.14. The van der Waals surface area contributed by atoms with Gasteiger partial charge in [0.1, 0.15) is 6.04 Å². The van der Waals surface area contributed by atoms with Crippen LogP contribution in [0.4, 0.5) is 0 Å². The van der Waals surface area contributed by atoms with Crippen LogP contribution in [0.15, 0.2) is 0 Å².